The maximum absolute atomic E-state index is 14.2. The molecule has 1 N–H and O–H groups in total. The summed E-state index contributed by atoms with van der Waals surface area (Å²) in [6, 6.07) is 16.8. The van der Waals surface area contributed by atoms with E-state index in [2.05, 4.69) is 5.32 Å². The second kappa shape index (κ2) is 14.8. The topological polar surface area (TPSA) is 96.0 Å². The molecule has 2 amide bonds. The third-order valence-electron chi connectivity index (χ3n) is 6.71. The number of halogens is 2. The molecule has 0 aliphatic rings. The minimum atomic E-state index is -4.19. The molecule has 11 heteroatoms. The standard InChI is InChI=1S/C31H37Cl2N3O5S/c1-6-29(31(38)34-18-21(2)3)35(19-26-27(32)8-7-9-28(26)33)30(37)20-36(23-12-14-24(41-5)15-13-23)42(39,40)25-16-10-22(4)11-17-25/h7-17,21,29H,6,18-20H2,1-5H3,(H,34,38)/t29-/m0/s1. The number of carbonyl (C=O) groups excluding carboxylic acids is 2. The molecule has 3 rings (SSSR count). The lowest BCUT2D eigenvalue weighted by Crippen LogP contribution is -2.52. The number of benzene rings is 3. The van der Waals surface area contributed by atoms with E-state index in [4.69, 9.17) is 27.9 Å². The van der Waals surface area contributed by atoms with E-state index in [9.17, 15) is 18.0 Å². The summed E-state index contributed by atoms with van der Waals surface area (Å²) in [7, 11) is -2.68. The highest BCUT2D eigenvalue weighted by atomic mass is 35.5. The summed E-state index contributed by atoms with van der Waals surface area (Å²) < 4.78 is 34.2. The van der Waals surface area contributed by atoms with Gasteiger partial charge in [0.05, 0.1) is 17.7 Å². The first kappa shape index (κ1) is 33.2. The van der Waals surface area contributed by atoms with Gasteiger partial charge in [-0.05, 0) is 67.8 Å². The summed E-state index contributed by atoms with van der Waals surface area (Å²) in [6.45, 7) is 7.34. The van der Waals surface area contributed by atoms with Crippen LogP contribution >= 0.6 is 23.2 Å². The van der Waals surface area contributed by atoms with Gasteiger partial charge in [0.2, 0.25) is 11.8 Å². The molecule has 42 heavy (non-hydrogen) atoms. The van der Waals surface area contributed by atoms with Gasteiger partial charge in [0.25, 0.3) is 10.0 Å². The monoisotopic (exact) mass is 633 g/mol. The van der Waals surface area contributed by atoms with Crippen molar-refractivity contribution in [3.05, 3.63) is 87.9 Å². The summed E-state index contributed by atoms with van der Waals surface area (Å²) in [5.74, 6) is -0.219. The molecule has 0 radical (unpaired) electrons. The van der Waals surface area contributed by atoms with Crippen LogP contribution in [0.2, 0.25) is 10.0 Å². The molecule has 0 bridgehead atoms. The minimum Gasteiger partial charge on any atom is -0.497 e. The van der Waals surface area contributed by atoms with Crippen molar-refractivity contribution in [2.75, 3.05) is 24.5 Å². The van der Waals surface area contributed by atoms with E-state index in [-0.39, 0.29) is 35.4 Å². The molecule has 0 spiro atoms. The zero-order valence-electron chi connectivity index (χ0n) is 24.4. The number of hydrogen-bond acceptors (Lipinski definition) is 5. The van der Waals surface area contributed by atoms with E-state index in [0.29, 0.717) is 27.9 Å². The van der Waals surface area contributed by atoms with Crippen molar-refractivity contribution in [1.29, 1.82) is 0 Å². The minimum absolute atomic E-state index is 0.0270. The largest absolute Gasteiger partial charge is 0.497 e. The first-order valence-corrected chi connectivity index (χ1v) is 15.8. The Hall–Kier alpha value is -3.27. The Balaban J connectivity index is 2.09. The molecule has 3 aromatic rings. The zero-order valence-corrected chi connectivity index (χ0v) is 26.8. The van der Waals surface area contributed by atoms with Gasteiger partial charge in [-0.15, -0.1) is 0 Å². The Bertz CT molecular complexity index is 1460. The quantitative estimate of drug-likeness (QED) is 0.246. The number of nitrogens with zero attached hydrogens (tertiary/aromatic N) is 2. The Labute approximate surface area is 258 Å². The third-order valence-corrected chi connectivity index (χ3v) is 9.21. The van der Waals surface area contributed by atoms with Crippen molar-refractivity contribution in [1.82, 2.24) is 10.2 Å². The van der Waals surface area contributed by atoms with Crippen LogP contribution in [0.1, 0.15) is 38.3 Å². The molecule has 0 saturated carbocycles. The second-order valence-electron chi connectivity index (χ2n) is 10.3. The van der Waals surface area contributed by atoms with Gasteiger partial charge in [-0.25, -0.2) is 8.42 Å². The summed E-state index contributed by atoms with van der Waals surface area (Å²) in [4.78, 5) is 28.9. The van der Waals surface area contributed by atoms with Gasteiger partial charge in [-0.3, -0.25) is 13.9 Å². The lowest BCUT2D eigenvalue weighted by Gasteiger charge is -2.33. The van der Waals surface area contributed by atoms with E-state index in [1.165, 1.54) is 24.1 Å². The van der Waals surface area contributed by atoms with Crippen molar-refractivity contribution in [2.24, 2.45) is 5.92 Å². The molecule has 226 valence electrons. The first-order valence-electron chi connectivity index (χ1n) is 13.6. The van der Waals surface area contributed by atoms with Gasteiger partial charge < -0.3 is 15.0 Å². The average molecular weight is 635 g/mol. The predicted octanol–water partition coefficient (Wildman–Crippen LogP) is 6.09. The summed E-state index contributed by atoms with van der Waals surface area (Å²) in [6.07, 6.45) is 0.283. The number of amides is 2. The average Bonchev–Trinajstić information content (AvgIpc) is 2.96. The normalized spacial score (nSPS) is 12.1. The molecule has 0 fully saturated rings. The van der Waals surface area contributed by atoms with Crippen molar-refractivity contribution in [3.63, 3.8) is 0 Å². The van der Waals surface area contributed by atoms with Crippen LogP contribution in [0.25, 0.3) is 0 Å². The van der Waals surface area contributed by atoms with Crippen LogP contribution in [0.3, 0.4) is 0 Å². The van der Waals surface area contributed by atoms with Gasteiger partial charge in [0, 0.05) is 28.7 Å². The van der Waals surface area contributed by atoms with Crippen LogP contribution in [0.15, 0.2) is 71.6 Å². The molecule has 0 aliphatic heterocycles. The molecule has 8 nitrogen and oxygen atoms in total. The van der Waals surface area contributed by atoms with Crippen LogP contribution < -0.4 is 14.4 Å². The Morgan fingerprint density at radius 1 is 0.952 bits per heavy atom. The number of hydrogen-bond donors (Lipinski definition) is 1. The van der Waals surface area contributed by atoms with Crippen LogP contribution in [0.4, 0.5) is 5.69 Å². The van der Waals surface area contributed by atoms with Crippen molar-refractivity contribution < 1.29 is 22.7 Å². The Morgan fingerprint density at radius 3 is 2.07 bits per heavy atom. The second-order valence-corrected chi connectivity index (χ2v) is 13.0. The highest BCUT2D eigenvalue weighted by Gasteiger charge is 2.34. The summed E-state index contributed by atoms with van der Waals surface area (Å²) in [5, 5.41) is 3.56. The van der Waals surface area contributed by atoms with Crippen LogP contribution in [0, 0.1) is 12.8 Å². The molecule has 3 aromatic carbocycles. The van der Waals surface area contributed by atoms with E-state index in [1.54, 1.807) is 61.5 Å². The number of sulfonamides is 1. The number of ether oxygens (including phenoxy) is 1. The van der Waals surface area contributed by atoms with Crippen molar-refractivity contribution >= 4 is 50.7 Å². The molecule has 0 unspecified atom stereocenters. The van der Waals surface area contributed by atoms with Gasteiger partial charge >= 0.3 is 0 Å². The molecule has 0 saturated heterocycles. The van der Waals surface area contributed by atoms with Gasteiger partial charge in [-0.2, -0.15) is 0 Å². The third kappa shape index (κ3) is 8.18. The molecule has 0 aliphatic carbocycles. The van der Waals surface area contributed by atoms with E-state index in [1.807, 2.05) is 20.8 Å². The molecule has 0 heterocycles. The summed E-state index contributed by atoms with van der Waals surface area (Å²) >= 11 is 12.9. The molecule has 1 atom stereocenters. The smallest absolute Gasteiger partial charge is 0.264 e. The fraction of sp³-hybridized carbons (Fsp3) is 0.355. The van der Waals surface area contributed by atoms with Crippen molar-refractivity contribution in [3.8, 4) is 5.75 Å². The number of carbonyl (C=O) groups is 2. The predicted molar refractivity (Wildman–Crippen MR) is 168 cm³/mol. The molecular weight excluding hydrogens is 597 g/mol. The van der Waals surface area contributed by atoms with Gasteiger partial charge in [0.15, 0.2) is 0 Å². The number of anilines is 1. The van der Waals surface area contributed by atoms with Crippen LogP contribution in [-0.4, -0.2) is 51.4 Å². The lowest BCUT2D eigenvalue weighted by atomic mass is 10.1. The van der Waals surface area contributed by atoms with E-state index < -0.39 is 28.5 Å². The van der Waals surface area contributed by atoms with Gasteiger partial charge in [0.1, 0.15) is 18.3 Å². The molecule has 0 aromatic heterocycles. The summed E-state index contributed by atoms with van der Waals surface area (Å²) in [5.41, 5.74) is 1.61. The highest BCUT2D eigenvalue weighted by molar-refractivity contribution is 7.92. The number of rotatable bonds is 13. The lowest BCUT2D eigenvalue weighted by molar-refractivity contribution is -0.140. The van der Waals surface area contributed by atoms with Crippen LogP contribution in [-0.2, 0) is 26.2 Å². The maximum atomic E-state index is 14.2. The van der Waals surface area contributed by atoms with E-state index in [0.717, 1.165) is 9.87 Å². The van der Waals surface area contributed by atoms with Crippen molar-refractivity contribution in [2.45, 2.75) is 51.6 Å². The SMILES string of the molecule is CC[C@@H](C(=O)NCC(C)C)N(Cc1c(Cl)cccc1Cl)C(=O)CN(c1ccc(OC)cc1)S(=O)(=O)c1ccc(C)cc1. The fourth-order valence-electron chi connectivity index (χ4n) is 4.31. The zero-order chi connectivity index (χ0) is 31.0. The number of nitrogens with one attached hydrogen (secondary N) is 1. The Kier molecular flexibility index (Phi) is 11.7. The van der Waals surface area contributed by atoms with E-state index >= 15 is 0 Å². The molecular formula is C31H37Cl2N3O5S. The van der Waals surface area contributed by atoms with Gasteiger partial charge in [-0.1, -0.05) is 67.7 Å². The van der Waals surface area contributed by atoms with Crippen LogP contribution in [0.5, 0.6) is 5.75 Å². The fourth-order valence-corrected chi connectivity index (χ4v) is 6.24. The first-order chi connectivity index (χ1) is 19.9. The number of aryl methyl sites for hydroxylation is 1. The maximum Gasteiger partial charge on any atom is 0.264 e. The highest BCUT2D eigenvalue weighted by Crippen LogP contribution is 2.29. The number of methoxy groups -OCH3 is 1. The Morgan fingerprint density at radius 2 is 1.55 bits per heavy atom.